The summed E-state index contributed by atoms with van der Waals surface area (Å²) in [6, 6.07) is 9.22. The van der Waals surface area contributed by atoms with Crippen LogP contribution >= 0.6 is 15.9 Å². The number of benzene rings is 1. The Bertz CT molecular complexity index is 1330. The third-order valence-corrected chi connectivity index (χ3v) is 7.88. The fourth-order valence-corrected chi connectivity index (χ4v) is 5.99. The number of nitrogens with zero attached hydrogens (tertiary/aromatic N) is 4. The van der Waals surface area contributed by atoms with Gasteiger partial charge in [0.25, 0.3) is 5.91 Å². The maximum atomic E-state index is 14.1. The molecule has 2 aromatic rings. The van der Waals surface area contributed by atoms with Gasteiger partial charge < -0.3 is 24.6 Å². The quantitative estimate of drug-likeness (QED) is 0.530. The van der Waals surface area contributed by atoms with Crippen LogP contribution in [-0.4, -0.2) is 66.1 Å². The van der Waals surface area contributed by atoms with Crippen LogP contribution in [0, 0.1) is 5.92 Å². The molecule has 3 atom stereocenters. The number of aromatic nitrogens is 1. The molecule has 1 saturated carbocycles. The molecule has 2 amide bonds. The van der Waals surface area contributed by atoms with Crippen molar-refractivity contribution in [3.8, 4) is 5.75 Å². The number of fused-ring (bicyclic) bond motifs is 3. The van der Waals surface area contributed by atoms with Crippen molar-refractivity contribution in [2.75, 3.05) is 25.6 Å². The molecule has 3 aliphatic rings. The number of nitrogens with one attached hydrogen (secondary N) is 1. The topological polar surface area (TPSA) is 96.4 Å². The first-order valence-corrected chi connectivity index (χ1v) is 13.5. The Balaban J connectivity index is 1.49. The summed E-state index contributed by atoms with van der Waals surface area (Å²) in [7, 11) is 3.53. The molecular weight excluding hydrogens is 550 g/mol. The third kappa shape index (κ3) is 4.89. The Morgan fingerprint density at radius 2 is 1.95 bits per heavy atom. The molecule has 38 heavy (non-hydrogen) atoms. The Hall–Kier alpha value is -3.40. The van der Waals surface area contributed by atoms with Crippen LogP contribution in [0.25, 0.3) is 5.57 Å². The van der Waals surface area contributed by atoms with E-state index in [0.29, 0.717) is 28.3 Å². The molecule has 2 aliphatic heterocycles. The largest absolute Gasteiger partial charge is 0.497 e. The fourth-order valence-electron chi connectivity index (χ4n) is 5.57. The molecule has 5 rings (SSSR count). The van der Waals surface area contributed by atoms with Gasteiger partial charge in [0.15, 0.2) is 0 Å². The van der Waals surface area contributed by atoms with E-state index in [2.05, 4.69) is 26.2 Å². The fraction of sp³-hybridized carbons (Fsp3) is 0.429. The molecule has 10 heteroatoms. The molecule has 1 N–H and O–H groups in total. The van der Waals surface area contributed by atoms with E-state index < -0.39 is 11.7 Å². The number of amides is 2. The van der Waals surface area contributed by atoms with Crippen molar-refractivity contribution in [1.29, 1.82) is 0 Å². The SMILES string of the molecule is COc1ccc2c(c1)C(C(=O)N1C[C@H]3CC[C@@H]1[C@@H]3NC(=O)OC(C)(C)C)=CN=C(c1cccnc1Br)N2C. The average Bonchev–Trinajstić information content (AvgIpc) is 3.37. The summed E-state index contributed by atoms with van der Waals surface area (Å²) in [5.74, 6) is 1.37. The molecule has 0 unspecified atom stereocenters. The van der Waals surface area contributed by atoms with Crippen LogP contribution in [0.15, 0.2) is 52.3 Å². The van der Waals surface area contributed by atoms with Gasteiger partial charge >= 0.3 is 6.09 Å². The van der Waals surface area contributed by atoms with Gasteiger partial charge in [0.1, 0.15) is 21.8 Å². The minimum Gasteiger partial charge on any atom is -0.497 e. The minimum atomic E-state index is -0.587. The highest BCUT2D eigenvalue weighted by Crippen LogP contribution is 2.42. The lowest BCUT2D eigenvalue weighted by atomic mass is 10.0. The van der Waals surface area contributed by atoms with Crippen molar-refractivity contribution < 1.29 is 19.1 Å². The number of pyridine rings is 1. The van der Waals surface area contributed by atoms with Crippen LogP contribution < -0.4 is 15.0 Å². The molecule has 1 aromatic carbocycles. The van der Waals surface area contributed by atoms with E-state index in [4.69, 9.17) is 14.5 Å². The molecule has 0 spiro atoms. The number of rotatable bonds is 4. The number of hydrogen-bond donors (Lipinski definition) is 1. The maximum absolute atomic E-state index is 14.1. The predicted octanol–water partition coefficient (Wildman–Crippen LogP) is 4.60. The van der Waals surface area contributed by atoms with E-state index in [9.17, 15) is 9.59 Å². The van der Waals surface area contributed by atoms with Gasteiger partial charge in [0.2, 0.25) is 0 Å². The zero-order valence-electron chi connectivity index (χ0n) is 22.2. The lowest BCUT2D eigenvalue weighted by molar-refractivity contribution is -0.126. The minimum absolute atomic E-state index is 0.105. The van der Waals surface area contributed by atoms with Gasteiger partial charge in [-0.25, -0.2) is 14.8 Å². The summed E-state index contributed by atoms with van der Waals surface area (Å²) in [5, 5.41) is 3.03. The highest BCUT2D eigenvalue weighted by molar-refractivity contribution is 9.10. The Labute approximate surface area is 231 Å². The number of methoxy groups -OCH3 is 1. The zero-order valence-corrected chi connectivity index (χ0v) is 23.8. The van der Waals surface area contributed by atoms with E-state index in [1.807, 2.05) is 68.0 Å². The second-order valence-electron chi connectivity index (χ2n) is 10.8. The lowest BCUT2D eigenvalue weighted by Crippen LogP contribution is -2.46. The van der Waals surface area contributed by atoms with Crippen molar-refractivity contribution in [2.24, 2.45) is 10.9 Å². The van der Waals surface area contributed by atoms with Crippen LogP contribution in [0.5, 0.6) is 5.75 Å². The van der Waals surface area contributed by atoms with Crippen molar-refractivity contribution in [3.05, 3.63) is 58.5 Å². The van der Waals surface area contributed by atoms with Crippen molar-refractivity contribution >= 4 is 45.0 Å². The first-order valence-electron chi connectivity index (χ1n) is 12.7. The van der Waals surface area contributed by atoms with Gasteiger partial charge in [-0.3, -0.25) is 4.79 Å². The number of anilines is 1. The molecule has 9 nitrogen and oxygen atoms in total. The molecule has 1 aromatic heterocycles. The van der Waals surface area contributed by atoms with Gasteiger partial charge in [-0.2, -0.15) is 0 Å². The lowest BCUT2D eigenvalue weighted by Gasteiger charge is -2.29. The molecule has 0 radical (unpaired) electrons. The molecule has 1 aliphatic carbocycles. The Morgan fingerprint density at radius 3 is 2.66 bits per heavy atom. The number of aliphatic imine (C=N–C) groups is 1. The Kier molecular flexibility index (Phi) is 6.94. The van der Waals surface area contributed by atoms with Gasteiger partial charge in [-0.05, 0) is 85.8 Å². The number of halogens is 1. The summed E-state index contributed by atoms with van der Waals surface area (Å²) < 4.78 is 11.7. The first kappa shape index (κ1) is 26.2. The van der Waals surface area contributed by atoms with E-state index in [1.165, 1.54) is 0 Å². The molecule has 2 bridgehead atoms. The van der Waals surface area contributed by atoms with E-state index in [-0.39, 0.29) is 23.9 Å². The number of hydrogen-bond acceptors (Lipinski definition) is 7. The number of carbonyl (C=O) groups excluding carboxylic acids is 2. The molecule has 200 valence electrons. The number of alkyl carbamates (subject to hydrolysis) is 1. The second-order valence-corrected chi connectivity index (χ2v) is 11.6. The maximum Gasteiger partial charge on any atom is 0.407 e. The van der Waals surface area contributed by atoms with E-state index in [1.54, 1.807) is 19.5 Å². The summed E-state index contributed by atoms with van der Waals surface area (Å²) in [4.78, 5) is 39.6. The third-order valence-electron chi connectivity index (χ3n) is 7.25. The van der Waals surface area contributed by atoms with Gasteiger partial charge in [-0.1, -0.05) is 0 Å². The summed E-state index contributed by atoms with van der Waals surface area (Å²) in [6.07, 6.45) is 4.68. The number of piperidine rings is 1. The highest BCUT2D eigenvalue weighted by atomic mass is 79.9. The van der Waals surface area contributed by atoms with Crippen molar-refractivity contribution in [1.82, 2.24) is 15.2 Å². The van der Waals surface area contributed by atoms with E-state index >= 15 is 0 Å². The van der Waals surface area contributed by atoms with Crippen LogP contribution in [0.4, 0.5) is 10.5 Å². The average molecular weight is 582 g/mol. The van der Waals surface area contributed by atoms with Gasteiger partial charge in [0, 0.05) is 31.6 Å². The summed E-state index contributed by atoms with van der Waals surface area (Å²) in [6.45, 7) is 6.09. The monoisotopic (exact) mass is 581 g/mol. The summed E-state index contributed by atoms with van der Waals surface area (Å²) >= 11 is 3.53. The second kappa shape index (κ2) is 10.1. The van der Waals surface area contributed by atoms with Crippen LogP contribution in [-0.2, 0) is 9.53 Å². The first-order chi connectivity index (χ1) is 18.1. The standard InChI is InChI=1S/C28H32BrN5O4/c1-28(2,3)38-27(36)32-23-16-8-10-22(23)34(15-16)26(35)20-14-31-25(18-7-6-12-30-24(18)29)33(4)21-11-9-17(37-5)13-19(20)21/h6-7,9,11-14,16,22-23H,8,10,15H2,1-5H3,(H,32,36)/t16-,22-,23-/m1/s1. The van der Waals surface area contributed by atoms with Crippen LogP contribution in [0.3, 0.4) is 0 Å². The van der Waals surface area contributed by atoms with Crippen molar-refractivity contribution in [2.45, 2.75) is 51.3 Å². The number of likely N-dealkylation sites (tertiary alicyclic amines) is 1. The number of ether oxygens (including phenoxy) is 2. The predicted molar refractivity (Wildman–Crippen MR) is 149 cm³/mol. The van der Waals surface area contributed by atoms with Crippen LogP contribution in [0.2, 0.25) is 0 Å². The van der Waals surface area contributed by atoms with Gasteiger partial charge in [0.05, 0.1) is 36.0 Å². The number of amidine groups is 1. The van der Waals surface area contributed by atoms with Gasteiger partial charge in [-0.15, -0.1) is 0 Å². The molecule has 3 heterocycles. The number of carbonyl (C=O) groups is 2. The molecule has 1 saturated heterocycles. The highest BCUT2D eigenvalue weighted by Gasteiger charge is 2.50. The van der Waals surface area contributed by atoms with Crippen LogP contribution in [0.1, 0.15) is 44.7 Å². The molecular formula is C28H32BrN5O4. The Morgan fingerprint density at radius 1 is 1.16 bits per heavy atom. The zero-order chi connectivity index (χ0) is 27.2. The molecule has 2 fully saturated rings. The smallest absolute Gasteiger partial charge is 0.407 e. The summed E-state index contributed by atoms with van der Waals surface area (Å²) in [5.41, 5.74) is 2.25. The van der Waals surface area contributed by atoms with E-state index in [0.717, 1.165) is 29.7 Å². The normalized spacial score (nSPS) is 22.3. The van der Waals surface area contributed by atoms with Crippen molar-refractivity contribution in [3.63, 3.8) is 0 Å².